The van der Waals surface area contributed by atoms with Gasteiger partial charge in [0.05, 0.1) is 0 Å². The van der Waals surface area contributed by atoms with Gasteiger partial charge in [0.2, 0.25) is 0 Å². The molecule has 0 amide bonds. The standard InChI is InChI=1S/C9H18N2O2/c1-6-12-9(7(2)3)11-10-8(4,5)13-9/h7H,6H2,1-5H3. The van der Waals surface area contributed by atoms with Gasteiger partial charge in [0.1, 0.15) is 0 Å². The summed E-state index contributed by atoms with van der Waals surface area (Å²) in [5.41, 5.74) is -0.556. The van der Waals surface area contributed by atoms with Gasteiger partial charge in [-0.3, -0.25) is 0 Å². The molecule has 0 aromatic carbocycles. The van der Waals surface area contributed by atoms with E-state index in [-0.39, 0.29) is 5.92 Å². The first-order chi connectivity index (χ1) is 5.92. The van der Waals surface area contributed by atoms with E-state index in [4.69, 9.17) is 9.47 Å². The van der Waals surface area contributed by atoms with Crippen molar-refractivity contribution in [2.75, 3.05) is 6.61 Å². The average Bonchev–Trinajstić information content (AvgIpc) is 2.28. The molecule has 4 nitrogen and oxygen atoms in total. The highest BCUT2D eigenvalue weighted by Gasteiger charge is 2.46. The molecule has 4 heteroatoms. The molecule has 1 aliphatic rings. The van der Waals surface area contributed by atoms with E-state index in [9.17, 15) is 0 Å². The molecular formula is C9H18N2O2. The second-order valence-corrected chi connectivity index (χ2v) is 3.97. The summed E-state index contributed by atoms with van der Waals surface area (Å²) in [5.74, 6) is -0.698. The highest BCUT2D eigenvalue weighted by atomic mass is 16.7. The first kappa shape index (κ1) is 10.6. The molecule has 1 atom stereocenters. The van der Waals surface area contributed by atoms with Crippen molar-refractivity contribution in [1.82, 2.24) is 0 Å². The fraction of sp³-hybridized carbons (Fsp3) is 1.00. The first-order valence-electron chi connectivity index (χ1n) is 4.70. The fourth-order valence-corrected chi connectivity index (χ4v) is 1.25. The molecule has 0 saturated heterocycles. The van der Waals surface area contributed by atoms with Crippen LogP contribution in [0.4, 0.5) is 0 Å². The lowest BCUT2D eigenvalue weighted by Gasteiger charge is -2.30. The maximum absolute atomic E-state index is 5.68. The third-order valence-electron chi connectivity index (χ3n) is 1.91. The van der Waals surface area contributed by atoms with Crippen molar-refractivity contribution in [2.24, 2.45) is 16.1 Å². The molecule has 0 bridgehead atoms. The summed E-state index contributed by atoms with van der Waals surface area (Å²) in [5, 5.41) is 8.13. The van der Waals surface area contributed by atoms with Crippen molar-refractivity contribution in [3.63, 3.8) is 0 Å². The second kappa shape index (κ2) is 3.35. The highest BCUT2D eigenvalue weighted by molar-refractivity contribution is 4.81. The highest BCUT2D eigenvalue weighted by Crippen LogP contribution is 2.37. The van der Waals surface area contributed by atoms with Gasteiger partial charge in [-0.25, -0.2) is 0 Å². The molecule has 0 aromatic heterocycles. The molecule has 0 radical (unpaired) electrons. The monoisotopic (exact) mass is 186 g/mol. The molecular weight excluding hydrogens is 168 g/mol. The van der Waals surface area contributed by atoms with Gasteiger partial charge in [-0.2, -0.15) is 5.11 Å². The predicted octanol–water partition coefficient (Wildman–Crippen LogP) is 2.55. The van der Waals surface area contributed by atoms with Crippen molar-refractivity contribution in [3.05, 3.63) is 0 Å². The molecule has 1 heterocycles. The summed E-state index contributed by atoms with van der Waals surface area (Å²) in [6.45, 7) is 10.3. The largest absolute Gasteiger partial charge is 0.330 e. The molecule has 0 fully saturated rings. The summed E-state index contributed by atoms with van der Waals surface area (Å²) in [6, 6.07) is 0. The van der Waals surface area contributed by atoms with Crippen LogP contribution in [-0.2, 0) is 9.47 Å². The summed E-state index contributed by atoms with van der Waals surface area (Å²) in [7, 11) is 0. The van der Waals surface area contributed by atoms with Crippen molar-refractivity contribution >= 4 is 0 Å². The van der Waals surface area contributed by atoms with Crippen molar-refractivity contribution in [3.8, 4) is 0 Å². The maximum Gasteiger partial charge on any atom is 0.292 e. The number of nitrogens with zero attached hydrogens (tertiary/aromatic N) is 2. The minimum atomic E-state index is -0.863. The molecule has 1 unspecified atom stereocenters. The zero-order chi connectivity index (χ0) is 10.1. The molecule has 13 heavy (non-hydrogen) atoms. The Bertz CT molecular complexity index is 214. The van der Waals surface area contributed by atoms with Gasteiger partial charge < -0.3 is 9.47 Å². The Morgan fingerprint density at radius 3 is 2.23 bits per heavy atom. The molecule has 0 spiro atoms. The van der Waals surface area contributed by atoms with Crippen LogP contribution in [0.25, 0.3) is 0 Å². The van der Waals surface area contributed by atoms with Crippen LogP contribution in [0.5, 0.6) is 0 Å². The summed E-state index contributed by atoms with van der Waals surface area (Å²) in [4.78, 5) is 0. The van der Waals surface area contributed by atoms with E-state index in [0.29, 0.717) is 6.61 Å². The van der Waals surface area contributed by atoms with Gasteiger partial charge >= 0.3 is 0 Å². The zero-order valence-electron chi connectivity index (χ0n) is 9.00. The lowest BCUT2D eigenvalue weighted by Crippen LogP contribution is -2.40. The van der Waals surface area contributed by atoms with E-state index in [0.717, 1.165) is 0 Å². The van der Waals surface area contributed by atoms with Gasteiger partial charge in [-0.1, -0.05) is 13.8 Å². The minimum Gasteiger partial charge on any atom is -0.330 e. The number of rotatable bonds is 3. The normalized spacial score (nSPS) is 31.5. The molecule has 0 aliphatic carbocycles. The summed E-state index contributed by atoms with van der Waals surface area (Å²) in [6.07, 6.45) is 0. The number of azo groups is 1. The van der Waals surface area contributed by atoms with E-state index in [1.807, 2.05) is 34.6 Å². The summed E-state index contributed by atoms with van der Waals surface area (Å²) >= 11 is 0. The molecule has 0 aromatic rings. The van der Waals surface area contributed by atoms with Crippen molar-refractivity contribution in [2.45, 2.75) is 46.3 Å². The van der Waals surface area contributed by atoms with E-state index >= 15 is 0 Å². The van der Waals surface area contributed by atoms with E-state index in [1.165, 1.54) is 0 Å². The smallest absolute Gasteiger partial charge is 0.292 e. The Morgan fingerprint density at radius 1 is 1.31 bits per heavy atom. The Labute approximate surface area is 79.3 Å². The van der Waals surface area contributed by atoms with Crippen molar-refractivity contribution in [1.29, 1.82) is 0 Å². The van der Waals surface area contributed by atoms with Crippen LogP contribution in [-0.4, -0.2) is 18.2 Å². The van der Waals surface area contributed by atoms with E-state index in [1.54, 1.807) is 0 Å². The average molecular weight is 186 g/mol. The van der Waals surface area contributed by atoms with Crippen molar-refractivity contribution < 1.29 is 9.47 Å². The lowest BCUT2D eigenvalue weighted by molar-refractivity contribution is -0.271. The maximum atomic E-state index is 5.68. The van der Waals surface area contributed by atoms with E-state index in [2.05, 4.69) is 10.2 Å². The van der Waals surface area contributed by atoms with Crippen LogP contribution in [0.3, 0.4) is 0 Å². The van der Waals surface area contributed by atoms with Crippen LogP contribution in [0.2, 0.25) is 0 Å². The van der Waals surface area contributed by atoms with Crippen LogP contribution < -0.4 is 0 Å². The molecule has 76 valence electrons. The Morgan fingerprint density at radius 2 is 1.92 bits per heavy atom. The van der Waals surface area contributed by atoms with E-state index < -0.39 is 11.6 Å². The first-order valence-corrected chi connectivity index (χ1v) is 4.70. The molecule has 1 aliphatic heterocycles. The summed E-state index contributed by atoms with van der Waals surface area (Å²) < 4.78 is 11.2. The predicted molar refractivity (Wildman–Crippen MR) is 49.2 cm³/mol. The quantitative estimate of drug-likeness (QED) is 0.679. The number of hydrogen-bond donors (Lipinski definition) is 0. The molecule has 0 N–H and O–H groups in total. The number of ether oxygens (including phenoxy) is 2. The Kier molecular flexibility index (Phi) is 2.73. The van der Waals surface area contributed by atoms with Gasteiger partial charge in [0, 0.05) is 12.5 Å². The van der Waals surface area contributed by atoms with Crippen LogP contribution in [0.15, 0.2) is 10.2 Å². The fourth-order valence-electron chi connectivity index (χ4n) is 1.25. The third-order valence-corrected chi connectivity index (χ3v) is 1.91. The van der Waals surface area contributed by atoms with Gasteiger partial charge in [-0.15, -0.1) is 5.11 Å². The Hall–Kier alpha value is -0.480. The lowest BCUT2D eigenvalue weighted by atomic mass is 10.1. The molecule has 0 saturated carbocycles. The van der Waals surface area contributed by atoms with Crippen LogP contribution in [0, 0.1) is 5.92 Å². The topological polar surface area (TPSA) is 43.2 Å². The van der Waals surface area contributed by atoms with Crippen LogP contribution >= 0.6 is 0 Å². The minimum absolute atomic E-state index is 0.165. The van der Waals surface area contributed by atoms with Gasteiger partial charge in [0.15, 0.2) is 5.72 Å². The number of hydrogen-bond acceptors (Lipinski definition) is 4. The van der Waals surface area contributed by atoms with Crippen LogP contribution in [0.1, 0.15) is 34.6 Å². The Balaban J connectivity index is 2.79. The third kappa shape index (κ3) is 2.06. The second-order valence-electron chi connectivity index (χ2n) is 3.97. The van der Waals surface area contributed by atoms with Gasteiger partial charge in [0.25, 0.3) is 5.91 Å². The zero-order valence-corrected chi connectivity index (χ0v) is 9.00. The molecule has 1 rings (SSSR count). The SMILES string of the molecule is CCOC1(C(C)C)N=NC(C)(C)O1. The van der Waals surface area contributed by atoms with Gasteiger partial charge in [-0.05, 0) is 20.8 Å².